The Morgan fingerprint density at radius 3 is 2.94 bits per heavy atom. The molecule has 0 atom stereocenters. The van der Waals surface area contributed by atoms with Gasteiger partial charge in [0.2, 0.25) is 0 Å². The van der Waals surface area contributed by atoms with E-state index in [1.165, 1.54) is 47.5 Å². The minimum Gasteiger partial charge on any atom is -0.344 e. The van der Waals surface area contributed by atoms with Crippen LogP contribution in [0.1, 0.15) is 44.4 Å². The van der Waals surface area contributed by atoms with E-state index in [1.54, 1.807) is 0 Å². The topological polar surface area (TPSA) is 4.93 Å². The lowest BCUT2D eigenvalue weighted by Crippen LogP contribution is -2.28. The van der Waals surface area contributed by atoms with Crippen molar-refractivity contribution < 1.29 is 0 Å². The van der Waals surface area contributed by atoms with Crippen LogP contribution in [0.5, 0.6) is 0 Å². The fraction of sp³-hybridized carbons (Fsp3) is 0.467. The highest BCUT2D eigenvalue weighted by atomic mass is 14.9. The molecule has 2 rings (SSSR count). The molecule has 0 aromatic carbocycles. The molecule has 1 nitrogen and oxygen atoms in total. The second-order valence-electron chi connectivity index (χ2n) is 4.44. The molecule has 1 heteroatoms. The number of nitrogens with zero attached hydrogens (tertiary/aromatic N) is 1. The highest BCUT2D eigenvalue weighted by Gasteiger charge is 2.11. The highest BCUT2D eigenvalue weighted by Crippen LogP contribution is 2.14. The van der Waals surface area contributed by atoms with Gasteiger partial charge in [-0.3, -0.25) is 0 Å². The zero-order valence-electron chi connectivity index (χ0n) is 10.6. The van der Waals surface area contributed by atoms with Crippen molar-refractivity contribution in [3.8, 4) is 0 Å². The number of unbranched alkanes of at least 4 members (excludes halogenated alkanes) is 1. The average molecular weight is 215 g/mol. The molecule has 1 heterocycles. The first kappa shape index (κ1) is 11.3. The quantitative estimate of drug-likeness (QED) is 0.714. The van der Waals surface area contributed by atoms with Crippen molar-refractivity contribution in [2.45, 2.75) is 39.5 Å². The van der Waals surface area contributed by atoms with Crippen LogP contribution >= 0.6 is 0 Å². The molecule has 86 valence electrons. The third kappa shape index (κ3) is 1.75. The highest BCUT2D eigenvalue weighted by molar-refractivity contribution is 5.56. The number of hydrogen-bond acceptors (Lipinski definition) is 0. The summed E-state index contributed by atoms with van der Waals surface area (Å²) >= 11 is 0. The van der Waals surface area contributed by atoms with E-state index in [4.69, 9.17) is 0 Å². The Hall–Kier alpha value is -1.24. The Kier molecular flexibility index (Phi) is 3.33. The molecule has 1 aromatic heterocycles. The Balaban J connectivity index is 2.71. The van der Waals surface area contributed by atoms with Crippen molar-refractivity contribution in [3.05, 3.63) is 27.9 Å². The summed E-state index contributed by atoms with van der Waals surface area (Å²) in [5, 5.41) is 2.86. The Morgan fingerprint density at radius 1 is 1.44 bits per heavy atom. The van der Waals surface area contributed by atoms with Crippen LogP contribution in [0.2, 0.25) is 0 Å². The Bertz CT molecular complexity index is 515. The molecule has 16 heavy (non-hydrogen) atoms. The number of rotatable bonds is 2. The molecule has 0 saturated heterocycles. The number of hydrogen-bond donors (Lipinski definition) is 0. The smallest absolute Gasteiger partial charge is 0.0444 e. The first-order valence-electron chi connectivity index (χ1n) is 6.30. The molecule has 0 N–H and O–H groups in total. The van der Waals surface area contributed by atoms with Gasteiger partial charge < -0.3 is 4.57 Å². The molecule has 1 aromatic rings. The molecule has 0 aliphatic heterocycles. The third-order valence-electron chi connectivity index (χ3n) is 3.38. The molecule has 0 bridgehead atoms. The van der Waals surface area contributed by atoms with Gasteiger partial charge in [-0.1, -0.05) is 31.6 Å². The summed E-state index contributed by atoms with van der Waals surface area (Å²) < 4.78 is 2.34. The molecule has 0 spiro atoms. The summed E-state index contributed by atoms with van der Waals surface area (Å²) in [5.74, 6) is 0. The fourth-order valence-electron chi connectivity index (χ4n) is 2.55. The maximum Gasteiger partial charge on any atom is 0.0444 e. The van der Waals surface area contributed by atoms with Crippen molar-refractivity contribution in [3.63, 3.8) is 0 Å². The maximum absolute atomic E-state index is 2.38. The largest absolute Gasteiger partial charge is 0.344 e. The standard InChI is InChI=1S/C15H21N/c1-4-6-10-14-12(5-2)13-9-7-8-11-15(13)16(14)3/h5,8,10-11H,4,6-7,9H2,1-3H3/b12-5-,14-10+. The van der Waals surface area contributed by atoms with Gasteiger partial charge in [-0.25, -0.2) is 0 Å². The van der Waals surface area contributed by atoms with E-state index >= 15 is 0 Å². The number of fused-ring (bicyclic) bond motifs is 1. The van der Waals surface area contributed by atoms with E-state index < -0.39 is 0 Å². The minimum atomic E-state index is 1.17. The first-order valence-corrected chi connectivity index (χ1v) is 6.30. The lowest BCUT2D eigenvalue weighted by molar-refractivity contribution is 0.853. The van der Waals surface area contributed by atoms with Crippen molar-refractivity contribution in [1.29, 1.82) is 0 Å². The maximum atomic E-state index is 2.38. The van der Waals surface area contributed by atoms with E-state index in [2.05, 4.69) is 49.8 Å². The van der Waals surface area contributed by atoms with E-state index in [0.717, 1.165) is 0 Å². The van der Waals surface area contributed by atoms with Gasteiger partial charge in [-0.05, 0) is 43.0 Å². The molecular formula is C15H21N. The summed E-state index contributed by atoms with van der Waals surface area (Å²) in [7, 11) is 2.18. The van der Waals surface area contributed by atoms with E-state index in [-0.39, 0.29) is 0 Å². The van der Waals surface area contributed by atoms with Crippen LogP contribution in [0.15, 0.2) is 6.08 Å². The van der Waals surface area contributed by atoms with E-state index in [9.17, 15) is 0 Å². The predicted molar refractivity (Wildman–Crippen MR) is 71.5 cm³/mol. The molecule has 0 fully saturated rings. The van der Waals surface area contributed by atoms with Gasteiger partial charge in [0.15, 0.2) is 0 Å². The number of allylic oxidation sites excluding steroid dienone is 1. The molecule has 0 saturated carbocycles. The predicted octanol–water partition coefficient (Wildman–Crippen LogP) is 2.37. The van der Waals surface area contributed by atoms with Crippen LogP contribution in [-0.2, 0) is 13.5 Å². The normalized spacial score (nSPS) is 16.9. The van der Waals surface area contributed by atoms with Gasteiger partial charge in [0.1, 0.15) is 0 Å². The van der Waals surface area contributed by atoms with Crippen LogP contribution in [0, 0.1) is 0 Å². The molecule has 0 unspecified atom stereocenters. The summed E-state index contributed by atoms with van der Waals surface area (Å²) in [4.78, 5) is 0. The number of aromatic nitrogens is 1. The average Bonchev–Trinajstić information content (AvgIpc) is 2.60. The zero-order chi connectivity index (χ0) is 11.5. The minimum absolute atomic E-state index is 1.17. The van der Waals surface area contributed by atoms with E-state index in [0.29, 0.717) is 0 Å². The SMILES string of the molecule is C/C=c1/c2c(n(C)/c1=C/CCC)C=CCC2. The van der Waals surface area contributed by atoms with Crippen LogP contribution in [0.4, 0.5) is 0 Å². The monoisotopic (exact) mass is 215 g/mol. The fourth-order valence-corrected chi connectivity index (χ4v) is 2.55. The van der Waals surface area contributed by atoms with Gasteiger partial charge in [0, 0.05) is 18.1 Å². The Labute approximate surface area is 97.8 Å². The molecular weight excluding hydrogens is 194 g/mol. The second-order valence-corrected chi connectivity index (χ2v) is 4.44. The zero-order valence-corrected chi connectivity index (χ0v) is 10.6. The van der Waals surface area contributed by atoms with Crippen LogP contribution in [0.25, 0.3) is 18.2 Å². The van der Waals surface area contributed by atoms with Crippen molar-refractivity contribution >= 4 is 18.2 Å². The third-order valence-corrected chi connectivity index (χ3v) is 3.38. The summed E-state index contributed by atoms with van der Waals surface area (Å²) in [6.45, 7) is 4.38. The Morgan fingerprint density at radius 2 is 2.25 bits per heavy atom. The molecule has 0 amide bonds. The van der Waals surface area contributed by atoms with Crippen molar-refractivity contribution in [1.82, 2.24) is 4.57 Å². The molecule has 0 radical (unpaired) electrons. The molecule has 1 aliphatic rings. The first-order chi connectivity index (χ1) is 7.79. The van der Waals surface area contributed by atoms with Gasteiger partial charge in [0.05, 0.1) is 0 Å². The summed E-state index contributed by atoms with van der Waals surface area (Å²) in [6, 6.07) is 0. The van der Waals surface area contributed by atoms with Crippen LogP contribution < -0.4 is 10.6 Å². The van der Waals surface area contributed by atoms with Crippen molar-refractivity contribution in [2.24, 2.45) is 7.05 Å². The van der Waals surface area contributed by atoms with E-state index in [1.807, 2.05) is 0 Å². The lowest BCUT2D eigenvalue weighted by atomic mass is 10.0. The van der Waals surface area contributed by atoms with Gasteiger partial charge >= 0.3 is 0 Å². The van der Waals surface area contributed by atoms with Gasteiger partial charge in [0.25, 0.3) is 0 Å². The summed E-state index contributed by atoms with van der Waals surface area (Å²) in [6.07, 6.45) is 14.0. The second kappa shape index (κ2) is 4.73. The van der Waals surface area contributed by atoms with Crippen molar-refractivity contribution in [2.75, 3.05) is 0 Å². The van der Waals surface area contributed by atoms with Crippen LogP contribution in [0.3, 0.4) is 0 Å². The van der Waals surface area contributed by atoms with Gasteiger partial charge in [-0.2, -0.15) is 0 Å². The lowest BCUT2D eigenvalue weighted by Gasteiger charge is -2.06. The summed E-state index contributed by atoms with van der Waals surface area (Å²) in [5.41, 5.74) is 2.94. The van der Waals surface area contributed by atoms with Gasteiger partial charge in [-0.15, -0.1) is 0 Å². The van der Waals surface area contributed by atoms with Crippen LogP contribution in [-0.4, -0.2) is 4.57 Å². The molecule has 1 aliphatic carbocycles.